The number of aliphatic hydroxyl groups is 1. The predicted octanol–water partition coefficient (Wildman–Crippen LogP) is -1.04. The highest BCUT2D eigenvalue weighted by molar-refractivity contribution is 7.91. The molecule has 0 bridgehead atoms. The molecular formula is C7H12O5S. The first kappa shape index (κ1) is 10.5. The van der Waals surface area contributed by atoms with Gasteiger partial charge in [0.15, 0.2) is 9.84 Å². The summed E-state index contributed by atoms with van der Waals surface area (Å²) in [7, 11) is -1.94. The van der Waals surface area contributed by atoms with Gasteiger partial charge >= 0.3 is 5.97 Å². The molecule has 0 aliphatic carbocycles. The fraction of sp³-hybridized carbons (Fsp3) is 0.857. The van der Waals surface area contributed by atoms with E-state index in [1.54, 1.807) is 0 Å². The van der Waals surface area contributed by atoms with Crippen LogP contribution >= 0.6 is 0 Å². The third-order valence-corrected chi connectivity index (χ3v) is 3.84. The molecule has 1 rings (SSSR count). The highest BCUT2D eigenvalue weighted by atomic mass is 32.2. The smallest absolute Gasteiger partial charge is 0.311 e. The van der Waals surface area contributed by atoms with Crippen LogP contribution < -0.4 is 0 Å². The Morgan fingerprint density at radius 1 is 1.54 bits per heavy atom. The van der Waals surface area contributed by atoms with Crippen molar-refractivity contribution < 1.29 is 23.1 Å². The fourth-order valence-corrected chi connectivity index (χ4v) is 2.92. The molecule has 6 heteroatoms. The molecule has 0 radical (unpaired) electrons. The largest absolute Gasteiger partial charge is 0.469 e. The number of hydrogen-bond donors (Lipinski definition) is 1. The molecule has 2 unspecified atom stereocenters. The lowest BCUT2D eigenvalue weighted by Gasteiger charge is -2.24. The highest BCUT2D eigenvalue weighted by Gasteiger charge is 2.36. The van der Waals surface area contributed by atoms with Crippen molar-refractivity contribution in [2.24, 2.45) is 5.92 Å². The number of sulfone groups is 1. The maximum Gasteiger partial charge on any atom is 0.311 e. The zero-order valence-electron chi connectivity index (χ0n) is 7.26. The van der Waals surface area contributed by atoms with E-state index in [1.165, 1.54) is 7.11 Å². The summed E-state index contributed by atoms with van der Waals surface area (Å²) in [4.78, 5) is 11.0. The number of ether oxygens (including phenoxy) is 1. The van der Waals surface area contributed by atoms with Crippen molar-refractivity contribution in [3.05, 3.63) is 0 Å². The van der Waals surface area contributed by atoms with Crippen molar-refractivity contribution >= 4 is 15.8 Å². The molecule has 1 aliphatic rings. The van der Waals surface area contributed by atoms with E-state index >= 15 is 0 Å². The van der Waals surface area contributed by atoms with Crippen molar-refractivity contribution in [2.75, 3.05) is 18.6 Å². The second kappa shape index (κ2) is 3.63. The first-order chi connectivity index (χ1) is 5.96. The van der Waals surface area contributed by atoms with E-state index < -0.39 is 27.8 Å². The van der Waals surface area contributed by atoms with Gasteiger partial charge in [0.2, 0.25) is 0 Å². The fourth-order valence-electron chi connectivity index (χ4n) is 1.38. The van der Waals surface area contributed by atoms with Crippen molar-refractivity contribution in [3.63, 3.8) is 0 Å². The number of esters is 1. The van der Waals surface area contributed by atoms with Crippen LogP contribution in [0.1, 0.15) is 6.42 Å². The summed E-state index contributed by atoms with van der Waals surface area (Å²) < 4.78 is 26.4. The van der Waals surface area contributed by atoms with Crippen molar-refractivity contribution in [1.29, 1.82) is 0 Å². The average molecular weight is 208 g/mol. The monoisotopic (exact) mass is 208 g/mol. The van der Waals surface area contributed by atoms with Gasteiger partial charge in [-0.3, -0.25) is 4.79 Å². The number of hydrogen-bond acceptors (Lipinski definition) is 5. The minimum Gasteiger partial charge on any atom is -0.469 e. The van der Waals surface area contributed by atoms with Crippen LogP contribution in [0.4, 0.5) is 0 Å². The summed E-state index contributed by atoms with van der Waals surface area (Å²) in [6.45, 7) is 0. The lowest BCUT2D eigenvalue weighted by atomic mass is 10.0. The molecule has 1 fully saturated rings. The van der Waals surface area contributed by atoms with E-state index in [0.717, 1.165) is 0 Å². The Kier molecular flexibility index (Phi) is 2.92. The number of carbonyl (C=O) groups is 1. The Morgan fingerprint density at radius 3 is 2.62 bits per heavy atom. The number of aliphatic hydroxyl groups excluding tert-OH is 1. The maximum absolute atomic E-state index is 11.0. The standard InChI is InChI=1S/C7H12O5S/c1-12-7(9)5-2-3-13(10,11)4-6(5)8/h5-6,8H,2-4H2,1H3. The molecule has 1 saturated heterocycles. The Balaban J connectivity index is 2.69. The van der Waals surface area contributed by atoms with Crippen LogP contribution in [0.25, 0.3) is 0 Å². The van der Waals surface area contributed by atoms with Crippen molar-refractivity contribution in [2.45, 2.75) is 12.5 Å². The average Bonchev–Trinajstić information content (AvgIpc) is 2.01. The molecule has 0 amide bonds. The second-order valence-corrected chi connectivity index (χ2v) is 5.33. The number of methoxy groups -OCH3 is 1. The molecule has 1 N–H and O–H groups in total. The molecule has 0 aromatic heterocycles. The van der Waals surface area contributed by atoms with E-state index in [0.29, 0.717) is 0 Å². The normalized spacial score (nSPS) is 32.5. The first-order valence-corrected chi connectivity index (χ1v) is 5.75. The van der Waals surface area contributed by atoms with Crippen LogP contribution in [-0.4, -0.2) is 44.2 Å². The SMILES string of the molecule is COC(=O)C1CCS(=O)(=O)CC1O. The van der Waals surface area contributed by atoms with Gasteiger partial charge in [-0.1, -0.05) is 0 Å². The summed E-state index contributed by atoms with van der Waals surface area (Å²) in [5, 5.41) is 9.33. The number of rotatable bonds is 1. The second-order valence-electron chi connectivity index (χ2n) is 3.10. The quantitative estimate of drug-likeness (QED) is 0.556. The van der Waals surface area contributed by atoms with Crippen LogP contribution in [-0.2, 0) is 19.4 Å². The predicted molar refractivity (Wildman–Crippen MR) is 44.8 cm³/mol. The first-order valence-electron chi connectivity index (χ1n) is 3.92. The minimum atomic E-state index is -3.16. The van der Waals surface area contributed by atoms with Gasteiger partial charge in [-0.05, 0) is 6.42 Å². The molecule has 0 spiro atoms. The van der Waals surface area contributed by atoms with E-state index in [4.69, 9.17) is 0 Å². The molecular weight excluding hydrogens is 196 g/mol. The van der Waals surface area contributed by atoms with Gasteiger partial charge in [-0.2, -0.15) is 0 Å². The molecule has 0 saturated carbocycles. The molecule has 13 heavy (non-hydrogen) atoms. The highest BCUT2D eigenvalue weighted by Crippen LogP contribution is 2.20. The minimum absolute atomic E-state index is 0.0518. The summed E-state index contributed by atoms with van der Waals surface area (Å²) in [5.41, 5.74) is 0. The van der Waals surface area contributed by atoms with Crippen LogP contribution in [0.2, 0.25) is 0 Å². The van der Waals surface area contributed by atoms with Gasteiger partial charge in [0.05, 0.1) is 30.6 Å². The van der Waals surface area contributed by atoms with Gasteiger partial charge in [0.1, 0.15) is 0 Å². The van der Waals surface area contributed by atoms with E-state index in [1.807, 2.05) is 0 Å². The lowest BCUT2D eigenvalue weighted by molar-refractivity contribution is -0.149. The van der Waals surface area contributed by atoms with E-state index in [9.17, 15) is 18.3 Å². The van der Waals surface area contributed by atoms with Crippen molar-refractivity contribution in [1.82, 2.24) is 0 Å². The molecule has 76 valence electrons. The Labute approximate surface area is 76.6 Å². The Bertz CT molecular complexity index is 294. The third kappa shape index (κ3) is 2.41. The maximum atomic E-state index is 11.0. The third-order valence-electron chi connectivity index (χ3n) is 2.13. The van der Waals surface area contributed by atoms with Crippen LogP contribution in [0, 0.1) is 5.92 Å². The molecule has 1 aliphatic heterocycles. The summed E-state index contributed by atoms with van der Waals surface area (Å²) in [5.74, 6) is -1.62. The molecule has 1 heterocycles. The van der Waals surface area contributed by atoms with Gasteiger partial charge in [-0.15, -0.1) is 0 Å². The summed E-state index contributed by atoms with van der Waals surface area (Å²) in [6, 6.07) is 0. The summed E-state index contributed by atoms with van der Waals surface area (Å²) in [6.07, 6.45) is -0.970. The topological polar surface area (TPSA) is 80.7 Å². The van der Waals surface area contributed by atoms with Gasteiger partial charge in [0.25, 0.3) is 0 Å². The Morgan fingerprint density at radius 2 is 2.15 bits per heavy atom. The number of carbonyl (C=O) groups excluding carboxylic acids is 1. The van der Waals surface area contributed by atoms with Crippen molar-refractivity contribution in [3.8, 4) is 0 Å². The van der Waals surface area contributed by atoms with Gasteiger partial charge in [-0.25, -0.2) is 8.42 Å². The lowest BCUT2D eigenvalue weighted by Crippen LogP contribution is -2.41. The van der Waals surface area contributed by atoms with Gasteiger partial charge in [0, 0.05) is 0 Å². The molecule has 5 nitrogen and oxygen atoms in total. The molecule has 2 atom stereocenters. The van der Waals surface area contributed by atoms with E-state index in [2.05, 4.69) is 4.74 Å². The molecule has 0 aromatic rings. The van der Waals surface area contributed by atoms with Gasteiger partial charge < -0.3 is 9.84 Å². The van der Waals surface area contributed by atoms with Crippen LogP contribution in [0.3, 0.4) is 0 Å². The zero-order chi connectivity index (χ0) is 10.1. The zero-order valence-corrected chi connectivity index (χ0v) is 8.08. The van der Waals surface area contributed by atoms with Crippen LogP contribution in [0.15, 0.2) is 0 Å². The van der Waals surface area contributed by atoms with Crippen LogP contribution in [0.5, 0.6) is 0 Å². The Hall–Kier alpha value is -0.620. The summed E-state index contributed by atoms with van der Waals surface area (Å²) >= 11 is 0. The van der Waals surface area contributed by atoms with E-state index in [-0.39, 0.29) is 17.9 Å². The molecule has 0 aromatic carbocycles.